The number of rotatable bonds is 5. The highest BCUT2D eigenvalue weighted by Gasteiger charge is 2.32. The predicted molar refractivity (Wildman–Crippen MR) is 117 cm³/mol. The van der Waals surface area contributed by atoms with Crippen LogP contribution in [0.3, 0.4) is 0 Å². The van der Waals surface area contributed by atoms with Gasteiger partial charge in [0.1, 0.15) is 11.9 Å². The second-order valence-electron chi connectivity index (χ2n) is 7.90. The van der Waals surface area contributed by atoms with Crippen LogP contribution < -0.4 is 10.2 Å². The quantitative estimate of drug-likeness (QED) is 0.524. The maximum atomic E-state index is 13.1. The molecule has 0 saturated carbocycles. The van der Waals surface area contributed by atoms with Gasteiger partial charge >= 0.3 is 6.18 Å². The fourth-order valence-electron chi connectivity index (χ4n) is 3.63. The van der Waals surface area contributed by atoms with E-state index in [9.17, 15) is 26.7 Å². The van der Waals surface area contributed by atoms with Crippen molar-refractivity contribution < 1.29 is 31.5 Å². The van der Waals surface area contributed by atoms with E-state index in [1.54, 1.807) is 41.4 Å². The van der Waals surface area contributed by atoms with Gasteiger partial charge < -0.3 is 15.0 Å². The summed E-state index contributed by atoms with van der Waals surface area (Å²) in [5.74, 6) is -0.343. The van der Waals surface area contributed by atoms with Gasteiger partial charge in [0.25, 0.3) is 12.3 Å². The van der Waals surface area contributed by atoms with Crippen molar-refractivity contribution in [3.63, 3.8) is 0 Å². The highest BCUT2D eigenvalue weighted by atomic mass is 19.4. The molecular weight excluding hydrogens is 473 g/mol. The van der Waals surface area contributed by atoms with Crippen molar-refractivity contribution in [2.75, 3.05) is 29.9 Å². The van der Waals surface area contributed by atoms with Gasteiger partial charge in [-0.1, -0.05) is 6.07 Å². The van der Waals surface area contributed by atoms with Gasteiger partial charge in [0.15, 0.2) is 5.69 Å². The van der Waals surface area contributed by atoms with E-state index in [2.05, 4.69) is 20.5 Å². The van der Waals surface area contributed by atoms with E-state index in [4.69, 9.17) is 4.74 Å². The Morgan fingerprint density at radius 2 is 2.00 bits per heavy atom. The van der Waals surface area contributed by atoms with Crippen LogP contribution in [-0.4, -0.2) is 53.3 Å². The van der Waals surface area contributed by atoms with Gasteiger partial charge in [-0.25, -0.2) is 13.8 Å². The number of anilines is 2. The highest BCUT2D eigenvalue weighted by molar-refractivity contribution is 6.03. The van der Waals surface area contributed by atoms with Crippen molar-refractivity contribution in [1.82, 2.24) is 15.2 Å². The average Bonchev–Trinajstić information content (AvgIpc) is 2.85. The van der Waals surface area contributed by atoms with Gasteiger partial charge in [0.05, 0.1) is 24.9 Å². The van der Waals surface area contributed by atoms with Crippen molar-refractivity contribution in [3.05, 3.63) is 65.6 Å². The molecule has 1 amide bonds. The summed E-state index contributed by atoms with van der Waals surface area (Å²) in [5.41, 5.74) is 1.07. The Balaban J connectivity index is 1.56. The standard InChI is InChI=1S/C23H20F5N5O2/c1-13-2-3-16(31-22(34)18-9-15(11-30-32-18)23(26,27)28)10-17(13)14-4-5-29-20(8-14)33-6-7-35-19(12-33)21(24)25/h2-5,8-11,19,21H,6-7,12H2,1H3,(H,31,34). The van der Waals surface area contributed by atoms with Crippen LogP contribution in [0.4, 0.5) is 33.5 Å². The number of pyridine rings is 1. The van der Waals surface area contributed by atoms with Crippen LogP contribution in [0, 0.1) is 6.92 Å². The lowest BCUT2D eigenvalue weighted by molar-refractivity contribution is -0.137. The van der Waals surface area contributed by atoms with E-state index < -0.39 is 35.9 Å². The highest BCUT2D eigenvalue weighted by Crippen LogP contribution is 2.31. The molecule has 4 rings (SSSR count). The zero-order valence-electron chi connectivity index (χ0n) is 18.4. The van der Waals surface area contributed by atoms with E-state index in [-0.39, 0.29) is 13.2 Å². The second kappa shape index (κ2) is 9.90. The van der Waals surface area contributed by atoms with Crippen LogP contribution in [0.2, 0.25) is 0 Å². The van der Waals surface area contributed by atoms with Crippen LogP contribution >= 0.6 is 0 Å². The fourth-order valence-corrected chi connectivity index (χ4v) is 3.63. The number of halogens is 5. The number of ether oxygens (including phenoxy) is 1. The van der Waals surface area contributed by atoms with Gasteiger partial charge in [-0.3, -0.25) is 4.79 Å². The number of carbonyl (C=O) groups excluding carboxylic acids is 1. The van der Waals surface area contributed by atoms with Gasteiger partial charge in [-0.2, -0.15) is 18.3 Å². The lowest BCUT2D eigenvalue weighted by Gasteiger charge is -2.33. The SMILES string of the molecule is Cc1ccc(NC(=O)c2cc(C(F)(F)F)cnn2)cc1-c1ccnc(N2CCOC(C(F)F)C2)c1. The number of benzene rings is 1. The number of carbonyl (C=O) groups is 1. The number of amides is 1. The van der Waals surface area contributed by atoms with E-state index >= 15 is 0 Å². The van der Waals surface area contributed by atoms with E-state index in [1.807, 2.05) is 6.92 Å². The topological polar surface area (TPSA) is 80.2 Å². The Morgan fingerprint density at radius 1 is 1.20 bits per heavy atom. The monoisotopic (exact) mass is 493 g/mol. The molecule has 184 valence electrons. The van der Waals surface area contributed by atoms with Crippen molar-refractivity contribution in [3.8, 4) is 11.1 Å². The molecule has 1 aromatic carbocycles. The number of aromatic nitrogens is 3. The lowest BCUT2D eigenvalue weighted by atomic mass is 10.0. The molecule has 3 aromatic rings. The van der Waals surface area contributed by atoms with E-state index in [0.717, 1.165) is 16.7 Å². The summed E-state index contributed by atoms with van der Waals surface area (Å²) < 4.78 is 70.0. The summed E-state index contributed by atoms with van der Waals surface area (Å²) in [5, 5.41) is 9.29. The van der Waals surface area contributed by atoms with Crippen molar-refractivity contribution in [2.45, 2.75) is 25.6 Å². The molecule has 1 unspecified atom stereocenters. The van der Waals surface area contributed by atoms with E-state index in [1.165, 1.54) is 0 Å². The van der Waals surface area contributed by atoms with Crippen molar-refractivity contribution >= 4 is 17.4 Å². The zero-order chi connectivity index (χ0) is 25.2. The largest absolute Gasteiger partial charge is 0.418 e. The van der Waals surface area contributed by atoms with Crippen LogP contribution in [0.25, 0.3) is 11.1 Å². The normalized spacial score (nSPS) is 16.4. The smallest absolute Gasteiger partial charge is 0.369 e. The first-order valence-electron chi connectivity index (χ1n) is 10.5. The van der Waals surface area contributed by atoms with Gasteiger partial charge in [-0.05, 0) is 53.9 Å². The Morgan fingerprint density at radius 3 is 2.74 bits per heavy atom. The molecule has 1 saturated heterocycles. The van der Waals surface area contributed by atoms with E-state index in [0.29, 0.717) is 30.3 Å². The Bertz CT molecular complexity index is 1220. The molecule has 1 aliphatic heterocycles. The van der Waals surface area contributed by atoms with Crippen LogP contribution in [0.1, 0.15) is 21.6 Å². The summed E-state index contributed by atoms with van der Waals surface area (Å²) in [6.45, 7) is 2.41. The Kier molecular flexibility index (Phi) is 6.92. The number of aryl methyl sites for hydroxylation is 1. The summed E-state index contributed by atoms with van der Waals surface area (Å²) in [4.78, 5) is 18.5. The van der Waals surface area contributed by atoms with Crippen LogP contribution in [0.5, 0.6) is 0 Å². The molecule has 1 fully saturated rings. The molecule has 0 bridgehead atoms. The maximum absolute atomic E-state index is 13.1. The molecule has 1 aliphatic rings. The van der Waals surface area contributed by atoms with Crippen molar-refractivity contribution in [1.29, 1.82) is 0 Å². The summed E-state index contributed by atoms with van der Waals surface area (Å²) in [7, 11) is 0. The average molecular weight is 493 g/mol. The Labute approximate surface area is 196 Å². The van der Waals surface area contributed by atoms with Crippen molar-refractivity contribution in [2.24, 2.45) is 0 Å². The first-order chi connectivity index (χ1) is 16.6. The minimum Gasteiger partial charge on any atom is -0.369 e. The molecule has 3 heterocycles. The molecule has 12 heteroatoms. The number of alkyl halides is 5. The number of hydrogen-bond acceptors (Lipinski definition) is 6. The number of hydrogen-bond donors (Lipinski definition) is 1. The number of nitrogens with one attached hydrogen (secondary N) is 1. The minimum atomic E-state index is -4.66. The molecule has 0 spiro atoms. The maximum Gasteiger partial charge on any atom is 0.418 e. The third-order valence-electron chi connectivity index (χ3n) is 5.46. The minimum absolute atomic E-state index is 0.00121. The Hall–Kier alpha value is -3.67. The molecule has 1 N–H and O–H groups in total. The summed E-state index contributed by atoms with van der Waals surface area (Å²) in [6.07, 6.45) is -6.37. The zero-order valence-corrected chi connectivity index (χ0v) is 18.4. The molecule has 7 nitrogen and oxygen atoms in total. The van der Waals surface area contributed by atoms with Crippen LogP contribution in [-0.2, 0) is 10.9 Å². The summed E-state index contributed by atoms with van der Waals surface area (Å²) >= 11 is 0. The third-order valence-corrected chi connectivity index (χ3v) is 5.46. The number of nitrogens with zero attached hydrogens (tertiary/aromatic N) is 4. The second-order valence-corrected chi connectivity index (χ2v) is 7.90. The van der Waals surface area contributed by atoms with Gasteiger partial charge in [0, 0.05) is 18.4 Å². The third kappa shape index (κ3) is 5.70. The number of morpholine rings is 1. The first-order valence-corrected chi connectivity index (χ1v) is 10.5. The molecule has 2 aromatic heterocycles. The molecule has 35 heavy (non-hydrogen) atoms. The van der Waals surface area contributed by atoms with Gasteiger partial charge in [-0.15, -0.1) is 5.10 Å². The van der Waals surface area contributed by atoms with Gasteiger partial charge in [0.2, 0.25) is 0 Å². The molecular formula is C23H20F5N5O2. The molecule has 1 atom stereocenters. The summed E-state index contributed by atoms with van der Waals surface area (Å²) in [6, 6.07) is 9.12. The van der Waals surface area contributed by atoms with Crippen LogP contribution in [0.15, 0.2) is 48.8 Å². The molecule has 0 radical (unpaired) electrons. The predicted octanol–water partition coefficient (Wildman–Crippen LogP) is 4.59. The fraction of sp³-hybridized carbons (Fsp3) is 0.304. The first kappa shape index (κ1) is 24.5. The lowest BCUT2D eigenvalue weighted by Crippen LogP contribution is -2.46. The molecule has 0 aliphatic carbocycles.